The summed E-state index contributed by atoms with van der Waals surface area (Å²) in [6.07, 6.45) is 1.48. The number of hydrogen-bond donors (Lipinski definition) is 0. The van der Waals surface area contributed by atoms with Gasteiger partial charge in [0.05, 0.1) is 12.3 Å². The molecule has 0 spiro atoms. The molecule has 2 aromatic heterocycles. The Morgan fingerprint density at radius 2 is 2.27 bits per heavy atom. The highest BCUT2D eigenvalue weighted by Crippen LogP contribution is 2.08. The molecule has 0 atom stereocenters. The van der Waals surface area contributed by atoms with Crippen molar-refractivity contribution in [2.75, 3.05) is 7.11 Å². The van der Waals surface area contributed by atoms with Gasteiger partial charge in [-0.25, -0.2) is 0 Å². The fourth-order valence-electron chi connectivity index (χ4n) is 1.24. The minimum Gasteiger partial charge on any atom is -0.378 e. The van der Waals surface area contributed by atoms with Crippen molar-refractivity contribution in [3.05, 3.63) is 23.7 Å². The zero-order chi connectivity index (χ0) is 10.7. The zero-order valence-corrected chi connectivity index (χ0v) is 8.45. The number of tetrazole rings is 1. The van der Waals surface area contributed by atoms with Gasteiger partial charge in [-0.1, -0.05) is 0 Å². The Labute approximate surface area is 86.1 Å². The van der Waals surface area contributed by atoms with Crippen LogP contribution in [0.1, 0.15) is 11.3 Å². The number of ether oxygens (including phenoxy) is 1. The third kappa shape index (κ3) is 1.96. The average molecular weight is 206 g/mol. The predicted octanol–water partition coefficient (Wildman–Crippen LogP) is -0.0929. The second kappa shape index (κ2) is 4.09. The van der Waals surface area contributed by atoms with E-state index in [1.165, 1.54) is 11.0 Å². The fraction of sp³-hybridized carbons (Fsp3) is 0.375. The molecule has 15 heavy (non-hydrogen) atoms. The van der Waals surface area contributed by atoms with E-state index in [1.54, 1.807) is 7.11 Å². The van der Waals surface area contributed by atoms with Gasteiger partial charge in [-0.05, 0) is 29.0 Å². The first-order valence-corrected chi connectivity index (χ1v) is 4.37. The third-order valence-electron chi connectivity index (χ3n) is 1.87. The first-order chi connectivity index (χ1) is 7.31. The van der Waals surface area contributed by atoms with Crippen molar-refractivity contribution in [1.29, 1.82) is 0 Å². The highest BCUT2D eigenvalue weighted by molar-refractivity contribution is 5.30. The first-order valence-electron chi connectivity index (χ1n) is 4.37. The van der Waals surface area contributed by atoms with Gasteiger partial charge in [0.25, 0.3) is 0 Å². The lowest BCUT2D eigenvalue weighted by Crippen LogP contribution is -2.05. The molecular formula is C8H10N6O. The zero-order valence-electron chi connectivity index (χ0n) is 8.45. The summed E-state index contributed by atoms with van der Waals surface area (Å²) in [5, 5.41) is 18.8. The quantitative estimate of drug-likeness (QED) is 0.698. The van der Waals surface area contributed by atoms with E-state index in [9.17, 15) is 0 Å². The predicted molar refractivity (Wildman–Crippen MR) is 50.2 cm³/mol. The molecule has 0 aliphatic rings. The van der Waals surface area contributed by atoms with Crippen LogP contribution in [0.2, 0.25) is 0 Å². The lowest BCUT2D eigenvalue weighted by atomic mass is 10.2. The molecule has 0 saturated carbocycles. The summed E-state index contributed by atoms with van der Waals surface area (Å²) in [6, 6.07) is 1.90. The average Bonchev–Trinajstić information content (AvgIpc) is 2.71. The molecule has 0 unspecified atom stereocenters. The first kappa shape index (κ1) is 9.66. The van der Waals surface area contributed by atoms with Gasteiger partial charge in [0.1, 0.15) is 6.33 Å². The van der Waals surface area contributed by atoms with Crippen LogP contribution < -0.4 is 0 Å². The molecule has 0 aliphatic carbocycles. The number of rotatable bonds is 3. The summed E-state index contributed by atoms with van der Waals surface area (Å²) >= 11 is 0. The van der Waals surface area contributed by atoms with Crippen LogP contribution in [-0.2, 0) is 11.3 Å². The number of aryl methyl sites for hydroxylation is 1. The molecule has 2 rings (SSSR count). The van der Waals surface area contributed by atoms with E-state index in [2.05, 4.69) is 25.7 Å². The molecule has 2 heterocycles. The van der Waals surface area contributed by atoms with Crippen LogP contribution in [0.15, 0.2) is 12.4 Å². The second-order valence-corrected chi connectivity index (χ2v) is 3.03. The summed E-state index contributed by atoms with van der Waals surface area (Å²) in [5.41, 5.74) is 1.73. The van der Waals surface area contributed by atoms with Crippen molar-refractivity contribution < 1.29 is 4.74 Å². The maximum atomic E-state index is 4.96. The highest BCUT2D eigenvalue weighted by Gasteiger charge is 2.06. The molecule has 0 fully saturated rings. The smallest absolute Gasteiger partial charge is 0.182 e. The van der Waals surface area contributed by atoms with Crippen molar-refractivity contribution in [2.24, 2.45) is 0 Å². The van der Waals surface area contributed by atoms with Crippen molar-refractivity contribution in [1.82, 2.24) is 30.4 Å². The van der Waals surface area contributed by atoms with Crippen LogP contribution in [0.4, 0.5) is 0 Å². The Morgan fingerprint density at radius 3 is 2.87 bits per heavy atom. The van der Waals surface area contributed by atoms with Crippen LogP contribution in [-0.4, -0.2) is 37.5 Å². The Balaban J connectivity index is 2.35. The molecule has 0 aliphatic heterocycles. The number of hydrogen-bond acceptors (Lipinski definition) is 6. The summed E-state index contributed by atoms with van der Waals surface area (Å²) < 4.78 is 6.43. The third-order valence-corrected chi connectivity index (χ3v) is 1.87. The van der Waals surface area contributed by atoms with E-state index >= 15 is 0 Å². The summed E-state index contributed by atoms with van der Waals surface area (Å²) in [6.45, 7) is 2.37. The maximum Gasteiger partial charge on any atom is 0.182 e. The Kier molecular flexibility index (Phi) is 2.64. The molecule has 78 valence electrons. The van der Waals surface area contributed by atoms with Crippen LogP contribution in [0.3, 0.4) is 0 Å². The lowest BCUT2D eigenvalue weighted by molar-refractivity contribution is 0.180. The number of methoxy groups -OCH3 is 1. The minimum absolute atomic E-state index is 0.448. The molecule has 0 N–H and O–H groups in total. The molecule has 0 saturated heterocycles. The van der Waals surface area contributed by atoms with Crippen LogP contribution >= 0.6 is 0 Å². The van der Waals surface area contributed by atoms with Crippen molar-refractivity contribution in [2.45, 2.75) is 13.5 Å². The number of nitrogens with zero attached hydrogens (tertiary/aromatic N) is 6. The van der Waals surface area contributed by atoms with Crippen molar-refractivity contribution >= 4 is 0 Å². The molecular weight excluding hydrogens is 196 g/mol. The standard InChI is InChI=1S/C8H10N6O/c1-6-3-7(4-15-2)10-11-8(6)14-5-9-12-13-14/h3,5H,4H2,1-2H3. The lowest BCUT2D eigenvalue weighted by Gasteiger charge is -2.03. The minimum atomic E-state index is 0.448. The van der Waals surface area contributed by atoms with E-state index in [0.29, 0.717) is 12.4 Å². The van der Waals surface area contributed by atoms with E-state index < -0.39 is 0 Å². The Hall–Kier alpha value is -1.89. The van der Waals surface area contributed by atoms with Crippen LogP contribution in [0, 0.1) is 6.92 Å². The van der Waals surface area contributed by atoms with Gasteiger partial charge in [0.2, 0.25) is 0 Å². The van der Waals surface area contributed by atoms with Gasteiger partial charge in [0.15, 0.2) is 5.82 Å². The second-order valence-electron chi connectivity index (χ2n) is 3.03. The van der Waals surface area contributed by atoms with Crippen LogP contribution in [0.25, 0.3) is 5.82 Å². The summed E-state index contributed by atoms with van der Waals surface area (Å²) in [7, 11) is 1.62. The number of aromatic nitrogens is 6. The van der Waals surface area contributed by atoms with E-state index in [-0.39, 0.29) is 0 Å². The summed E-state index contributed by atoms with van der Waals surface area (Å²) in [4.78, 5) is 0. The fourth-order valence-corrected chi connectivity index (χ4v) is 1.24. The van der Waals surface area contributed by atoms with E-state index in [1.807, 2.05) is 13.0 Å². The van der Waals surface area contributed by atoms with Gasteiger partial charge >= 0.3 is 0 Å². The highest BCUT2D eigenvalue weighted by atomic mass is 16.5. The Bertz CT molecular complexity index is 440. The SMILES string of the molecule is COCc1cc(C)c(-n2cnnn2)nn1. The largest absolute Gasteiger partial charge is 0.378 e. The Morgan fingerprint density at radius 1 is 1.40 bits per heavy atom. The molecule has 7 nitrogen and oxygen atoms in total. The summed E-state index contributed by atoms with van der Waals surface area (Å²) in [5.74, 6) is 0.625. The van der Waals surface area contributed by atoms with Gasteiger partial charge in [-0.3, -0.25) is 0 Å². The molecule has 7 heteroatoms. The molecule has 0 amide bonds. The van der Waals surface area contributed by atoms with Gasteiger partial charge in [-0.2, -0.15) is 9.78 Å². The molecule has 2 aromatic rings. The van der Waals surface area contributed by atoms with Gasteiger partial charge in [-0.15, -0.1) is 10.2 Å². The van der Waals surface area contributed by atoms with Crippen molar-refractivity contribution in [3.63, 3.8) is 0 Å². The monoisotopic (exact) mass is 206 g/mol. The maximum absolute atomic E-state index is 4.96. The van der Waals surface area contributed by atoms with Gasteiger partial charge < -0.3 is 4.74 Å². The normalized spacial score (nSPS) is 10.5. The molecule has 0 aromatic carbocycles. The van der Waals surface area contributed by atoms with E-state index in [4.69, 9.17) is 4.74 Å². The topological polar surface area (TPSA) is 78.6 Å². The van der Waals surface area contributed by atoms with E-state index in [0.717, 1.165) is 11.3 Å². The van der Waals surface area contributed by atoms with Crippen molar-refractivity contribution in [3.8, 4) is 5.82 Å². The van der Waals surface area contributed by atoms with Gasteiger partial charge in [0, 0.05) is 7.11 Å². The van der Waals surface area contributed by atoms with Crippen LogP contribution in [0.5, 0.6) is 0 Å². The molecule has 0 radical (unpaired) electrons. The molecule has 0 bridgehead atoms.